The molecule has 1 heterocycles. The van der Waals surface area contributed by atoms with Gasteiger partial charge in [0.1, 0.15) is 27.9 Å². The number of halogens is 3. The van der Waals surface area contributed by atoms with E-state index in [1.165, 1.54) is 10.8 Å². The van der Waals surface area contributed by atoms with Crippen LogP contribution in [-0.4, -0.2) is 21.9 Å². The van der Waals surface area contributed by atoms with Crippen molar-refractivity contribution in [3.8, 4) is 5.75 Å². The molecule has 9 heteroatoms. The van der Waals surface area contributed by atoms with Crippen LogP contribution >= 0.6 is 11.6 Å². The second kappa shape index (κ2) is 9.65. The second-order valence-corrected chi connectivity index (χ2v) is 7.02. The van der Waals surface area contributed by atoms with E-state index in [2.05, 4.69) is 5.32 Å². The molecule has 0 radical (unpaired) electrons. The van der Waals surface area contributed by atoms with Gasteiger partial charge in [0.15, 0.2) is 12.0 Å². The van der Waals surface area contributed by atoms with Crippen molar-refractivity contribution in [1.29, 1.82) is 0 Å². The average molecular weight is 427 g/mol. The Morgan fingerprint density at radius 2 is 2.07 bits per heavy atom. The molecule has 156 valence electrons. The molecule has 0 saturated carbocycles. The number of rotatable bonds is 8. The van der Waals surface area contributed by atoms with Crippen molar-refractivity contribution in [2.75, 3.05) is 0 Å². The first-order chi connectivity index (χ1) is 13.7. The van der Waals surface area contributed by atoms with Gasteiger partial charge in [-0.1, -0.05) is 37.4 Å². The fourth-order valence-electron chi connectivity index (χ4n) is 2.89. The zero-order chi connectivity index (χ0) is 21.7. The van der Waals surface area contributed by atoms with Crippen molar-refractivity contribution in [1.82, 2.24) is 9.88 Å². The third-order valence-corrected chi connectivity index (χ3v) is 4.96. The van der Waals surface area contributed by atoms with Gasteiger partial charge in [-0.05, 0) is 19.4 Å². The van der Waals surface area contributed by atoms with Gasteiger partial charge in [0.2, 0.25) is 5.43 Å². The Morgan fingerprint density at radius 1 is 1.38 bits per heavy atom. The molecule has 2 aromatic rings. The molecule has 2 rings (SSSR count). The number of nitrogens with one attached hydrogen (secondary N) is 1. The molecule has 1 amide bonds. The SMILES string of the molecule is CCCC[C@H](C)n1cc(C(=O)NCc2ccc(F)c(Cl)c2F)c(=O)c(O)c1C=O. The number of pyridine rings is 1. The van der Waals surface area contributed by atoms with Gasteiger partial charge >= 0.3 is 0 Å². The monoisotopic (exact) mass is 426 g/mol. The number of aromatic hydroxyl groups is 1. The van der Waals surface area contributed by atoms with Gasteiger partial charge in [-0.15, -0.1) is 0 Å². The molecule has 0 aliphatic heterocycles. The number of nitrogens with zero attached hydrogens (tertiary/aromatic N) is 1. The third-order valence-electron chi connectivity index (χ3n) is 4.61. The minimum Gasteiger partial charge on any atom is -0.503 e. The summed E-state index contributed by atoms with van der Waals surface area (Å²) in [6, 6.07) is 1.83. The van der Waals surface area contributed by atoms with Crippen molar-refractivity contribution >= 4 is 23.8 Å². The van der Waals surface area contributed by atoms with Crippen LogP contribution in [0.3, 0.4) is 0 Å². The van der Waals surface area contributed by atoms with Gasteiger partial charge in [0.05, 0.1) is 0 Å². The Labute approximate surface area is 171 Å². The van der Waals surface area contributed by atoms with E-state index in [4.69, 9.17) is 11.6 Å². The Kier molecular flexibility index (Phi) is 7.50. The van der Waals surface area contributed by atoms with Crippen LogP contribution in [0.25, 0.3) is 0 Å². The first-order valence-electron chi connectivity index (χ1n) is 9.06. The number of benzene rings is 1. The zero-order valence-corrected chi connectivity index (χ0v) is 16.7. The van der Waals surface area contributed by atoms with E-state index in [9.17, 15) is 28.3 Å². The molecule has 6 nitrogen and oxygen atoms in total. The first-order valence-corrected chi connectivity index (χ1v) is 9.44. The highest BCUT2D eigenvalue weighted by molar-refractivity contribution is 6.30. The summed E-state index contributed by atoms with van der Waals surface area (Å²) in [4.78, 5) is 36.2. The van der Waals surface area contributed by atoms with E-state index in [-0.39, 0.29) is 23.8 Å². The van der Waals surface area contributed by atoms with Gasteiger partial charge in [-0.25, -0.2) is 8.78 Å². The van der Waals surface area contributed by atoms with Crippen molar-refractivity contribution in [3.63, 3.8) is 0 Å². The van der Waals surface area contributed by atoms with E-state index in [0.29, 0.717) is 12.7 Å². The number of amides is 1. The maximum Gasteiger partial charge on any atom is 0.257 e. The van der Waals surface area contributed by atoms with Crippen molar-refractivity contribution in [3.05, 3.63) is 62.0 Å². The number of carbonyl (C=O) groups excluding carboxylic acids is 2. The zero-order valence-electron chi connectivity index (χ0n) is 16.0. The Morgan fingerprint density at radius 3 is 2.69 bits per heavy atom. The van der Waals surface area contributed by atoms with Crippen LogP contribution in [-0.2, 0) is 6.54 Å². The molecule has 0 spiro atoms. The average Bonchev–Trinajstić information content (AvgIpc) is 2.71. The summed E-state index contributed by atoms with van der Waals surface area (Å²) in [6.45, 7) is 3.44. The molecule has 0 fully saturated rings. The van der Waals surface area contributed by atoms with Gasteiger partial charge in [0.25, 0.3) is 5.91 Å². The van der Waals surface area contributed by atoms with Crippen LogP contribution in [0.15, 0.2) is 23.1 Å². The lowest BCUT2D eigenvalue weighted by Gasteiger charge is -2.20. The van der Waals surface area contributed by atoms with Gasteiger partial charge in [-0.3, -0.25) is 14.4 Å². The smallest absolute Gasteiger partial charge is 0.257 e. The molecule has 1 aromatic carbocycles. The topological polar surface area (TPSA) is 88.4 Å². The fourth-order valence-corrected chi connectivity index (χ4v) is 3.07. The Hall–Kier alpha value is -2.74. The van der Waals surface area contributed by atoms with E-state index in [0.717, 1.165) is 25.0 Å². The maximum atomic E-state index is 14.0. The maximum absolute atomic E-state index is 14.0. The normalized spacial score (nSPS) is 11.9. The Bertz CT molecular complexity index is 991. The van der Waals surface area contributed by atoms with E-state index in [1.807, 2.05) is 6.92 Å². The summed E-state index contributed by atoms with van der Waals surface area (Å²) < 4.78 is 28.6. The predicted molar refractivity (Wildman–Crippen MR) is 105 cm³/mol. The highest BCUT2D eigenvalue weighted by Crippen LogP contribution is 2.23. The summed E-state index contributed by atoms with van der Waals surface area (Å²) in [5, 5.41) is 11.8. The molecule has 0 unspecified atom stereocenters. The van der Waals surface area contributed by atoms with Gasteiger partial charge < -0.3 is 15.0 Å². The number of unbranched alkanes of at least 4 members (excludes halogenated alkanes) is 1. The third kappa shape index (κ3) is 4.82. The van der Waals surface area contributed by atoms with Crippen molar-refractivity contribution < 1.29 is 23.5 Å². The second-order valence-electron chi connectivity index (χ2n) is 6.64. The standard InChI is InChI=1S/C20H21ClF2N2O4/c1-3-4-5-11(2)25-9-13(18(27)19(28)15(25)10-26)20(29)24-8-12-6-7-14(22)16(21)17(12)23/h6-7,9-11,28H,3-5,8H2,1-2H3,(H,24,29)/t11-/m0/s1. The van der Waals surface area contributed by atoms with Crippen LogP contribution in [0.5, 0.6) is 5.75 Å². The van der Waals surface area contributed by atoms with E-state index < -0.39 is 39.3 Å². The molecule has 0 aliphatic rings. The molecular weight excluding hydrogens is 406 g/mol. The molecule has 29 heavy (non-hydrogen) atoms. The van der Waals surface area contributed by atoms with E-state index in [1.54, 1.807) is 6.92 Å². The fraction of sp³-hybridized carbons (Fsp3) is 0.350. The lowest BCUT2D eigenvalue weighted by atomic mass is 10.1. The molecule has 0 aliphatic carbocycles. The largest absolute Gasteiger partial charge is 0.503 e. The molecule has 1 aromatic heterocycles. The molecular formula is C20H21ClF2N2O4. The number of hydrogen-bond acceptors (Lipinski definition) is 4. The van der Waals surface area contributed by atoms with Crippen LogP contribution in [0, 0.1) is 11.6 Å². The summed E-state index contributed by atoms with van der Waals surface area (Å²) in [6.07, 6.45) is 3.98. The molecule has 1 atom stereocenters. The highest BCUT2D eigenvalue weighted by Gasteiger charge is 2.22. The highest BCUT2D eigenvalue weighted by atomic mass is 35.5. The summed E-state index contributed by atoms with van der Waals surface area (Å²) >= 11 is 5.51. The number of aldehydes is 1. The summed E-state index contributed by atoms with van der Waals surface area (Å²) in [5.74, 6) is -3.65. The van der Waals surface area contributed by atoms with E-state index >= 15 is 0 Å². The minimum absolute atomic E-state index is 0.0740. The van der Waals surface area contributed by atoms with Crippen LogP contribution in [0.4, 0.5) is 8.78 Å². The number of aromatic nitrogens is 1. The van der Waals surface area contributed by atoms with Crippen LogP contribution in [0.2, 0.25) is 5.02 Å². The lowest BCUT2D eigenvalue weighted by molar-refractivity contribution is 0.0946. The van der Waals surface area contributed by atoms with Crippen molar-refractivity contribution in [2.45, 2.75) is 45.7 Å². The number of carbonyl (C=O) groups is 2. The Balaban J connectivity index is 2.34. The predicted octanol–water partition coefficient (Wildman–Crippen LogP) is 3.98. The van der Waals surface area contributed by atoms with Crippen LogP contribution in [0.1, 0.15) is 65.6 Å². The van der Waals surface area contributed by atoms with Gasteiger partial charge in [-0.2, -0.15) is 0 Å². The lowest BCUT2D eigenvalue weighted by Crippen LogP contribution is -2.31. The van der Waals surface area contributed by atoms with Crippen LogP contribution < -0.4 is 10.7 Å². The quantitative estimate of drug-likeness (QED) is 0.493. The minimum atomic E-state index is -1.02. The molecule has 2 N–H and O–H groups in total. The molecule has 0 bridgehead atoms. The van der Waals surface area contributed by atoms with Gasteiger partial charge in [0, 0.05) is 24.3 Å². The molecule has 0 saturated heterocycles. The summed E-state index contributed by atoms with van der Waals surface area (Å²) in [5.41, 5.74) is -1.70. The van der Waals surface area contributed by atoms with Crippen molar-refractivity contribution in [2.24, 2.45) is 0 Å². The number of hydrogen-bond donors (Lipinski definition) is 2. The summed E-state index contributed by atoms with van der Waals surface area (Å²) in [7, 11) is 0. The first kappa shape index (κ1) is 22.5.